The molecule has 0 heterocycles. The molecule has 4 atom stereocenters. The maximum Gasteiger partial charge on any atom is 0.0564 e. The molecule has 1 fully saturated rings. The van der Waals surface area contributed by atoms with Crippen molar-refractivity contribution in [2.24, 2.45) is 11.7 Å². The summed E-state index contributed by atoms with van der Waals surface area (Å²) in [7, 11) is -0.925. The van der Waals surface area contributed by atoms with Gasteiger partial charge in [-0.25, -0.2) is 0 Å². The Hall–Kier alpha value is -0.670. The van der Waals surface area contributed by atoms with Crippen molar-refractivity contribution in [2.45, 2.75) is 62.1 Å². The lowest BCUT2D eigenvalue weighted by Crippen LogP contribution is -2.29. The molecule has 0 saturated heterocycles. The van der Waals surface area contributed by atoms with Crippen LogP contribution in [0.5, 0.6) is 0 Å². The number of hydrogen-bond donors (Lipinski definition) is 1. The van der Waals surface area contributed by atoms with Gasteiger partial charge in [0.1, 0.15) is 0 Å². The summed E-state index contributed by atoms with van der Waals surface area (Å²) in [6, 6.07) is 8.46. The van der Waals surface area contributed by atoms with Crippen molar-refractivity contribution >= 4 is 10.8 Å². The normalized spacial score (nSPS) is 29.4. The van der Waals surface area contributed by atoms with E-state index in [0.717, 1.165) is 17.7 Å². The predicted molar refractivity (Wildman–Crippen MR) is 81.7 cm³/mol. The highest BCUT2D eigenvalue weighted by Gasteiger charge is 2.34. The third-order valence-electron chi connectivity index (χ3n) is 4.27. The summed E-state index contributed by atoms with van der Waals surface area (Å²) in [6.07, 6.45) is 1.98. The predicted octanol–water partition coefficient (Wildman–Crippen LogP) is 3.22. The van der Waals surface area contributed by atoms with Crippen molar-refractivity contribution in [2.75, 3.05) is 0 Å². The number of benzene rings is 1. The van der Waals surface area contributed by atoms with Crippen LogP contribution in [-0.2, 0) is 16.2 Å². The third kappa shape index (κ3) is 3.09. The first kappa shape index (κ1) is 14.7. The summed E-state index contributed by atoms with van der Waals surface area (Å²) in [6.45, 7) is 8.70. The van der Waals surface area contributed by atoms with Crippen LogP contribution in [0.1, 0.15) is 46.1 Å². The molecule has 0 amide bonds. The fourth-order valence-electron chi connectivity index (χ4n) is 2.72. The van der Waals surface area contributed by atoms with E-state index in [0.29, 0.717) is 5.92 Å². The van der Waals surface area contributed by atoms with Gasteiger partial charge in [-0.1, -0.05) is 39.8 Å². The Kier molecular flexibility index (Phi) is 4.17. The molecule has 4 unspecified atom stereocenters. The molecule has 2 rings (SSSR count). The van der Waals surface area contributed by atoms with Gasteiger partial charge in [-0.2, -0.15) is 0 Å². The summed E-state index contributed by atoms with van der Waals surface area (Å²) in [5.41, 5.74) is 7.46. The van der Waals surface area contributed by atoms with Crippen LogP contribution in [0, 0.1) is 5.92 Å². The van der Waals surface area contributed by atoms with E-state index >= 15 is 0 Å². The Morgan fingerprint density at radius 2 is 1.74 bits per heavy atom. The lowest BCUT2D eigenvalue weighted by molar-refractivity contribution is 0.526. The second-order valence-corrected chi connectivity index (χ2v) is 8.38. The summed E-state index contributed by atoms with van der Waals surface area (Å²) >= 11 is 0. The smallest absolute Gasteiger partial charge is 0.0564 e. The minimum Gasteiger partial charge on any atom is -0.327 e. The zero-order chi connectivity index (χ0) is 14.2. The minimum absolute atomic E-state index is 0.142. The molecular weight excluding hydrogens is 254 g/mol. The average molecular weight is 279 g/mol. The Morgan fingerprint density at radius 3 is 2.16 bits per heavy atom. The fourth-order valence-corrected chi connectivity index (χ4v) is 4.42. The number of nitrogens with two attached hydrogens (primary N) is 1. The first-order valence-corrected chi connectivity index (χ1v) is 8.28. The highest BCUT2D eigenvalue weighted by molar-refractivity contribution is 7.85. The van der Waals surface area contributed by atoms with Gasteiger partial charge in [-0.3, -0.25) is 4.21 Å². The van der Waals surface area contributed by atoms with Gasteiger partial charge in [0, 0.05) is 16.2 Å². The van der Waals surface area contributed by atoms with E-state index in [1.54, 1.807) is 0 Å². The topological polar surface area (TPSA) is 43.1 Å². The lowest BCUT2D eigenvalue weighted by Gasteiger charge is -2.20. The van der Waals surface area contributed by atoms with E-state index < -0.39 is 10.8 Å². The first-order chi connectivity index (χ1) is 8.80. The van der Waals surface area contributed by atoms with Gasteiger partial charge in [0.2, 0.25) is 0 Å². The van der Waals surface area contributed by atoms with Crippen LogP contribution >= 0.6 is 0 Å². The van der Waals surface area contributed by atoms with E-state index in [-0.39, 0.29) is 16.7 Å². The molecule has 2 nitrogen and oxygen atoms in total. The zero-order valence-electron chi connectivity index (χ0n) is 12.3. The zero-order valence-corrected chi connectivity index (χ0v) is 13.2. The van der Waals surface area contributed by atoms with Gasteiger partial charge in [-0.15, -0.1) is 0 Å². The second kappa shape index (κ2) is 5.37. The van der Waals surface area contributed by atoms with E-state index in [2.05, 4.69) is 39.8 Å². The highest BCUT2D eigenvalue weighted by Crippen LogP contribution is 2.32. The standard InChI is InChI=1S/C16H25NOS/c1-11-14(17)9-10-15(11)19(18)13-7-5-12(6-8-13)16(2,3)4/h5-8,11,14-15H,9-10,17H2,1-4H3. The van der Waals surface area contributed by atoms with Gasteiger partial charge < -0.3 is 5.73 Å². The van der Waals surface area contributed by atoms with Crippen LogP contribution in [0.2, 0.25) is 0 Å². The van der Waals surface area contributed by atoms with Crippen LogP contribution in [0.15, 0.2) is 29.2 Å². The van der Waals surface area contributed by atoms with E-state index in [1.807, 2.05) is 12.1 Å². The number of rotatable bonds is 2. The molecule has 0 aliphatic heterocycles. The molecule has 2 N–H and O–H groups in total. The van der Waals surface area contributed by atoms with Crippen LogP contribution in [0.25, 0.3) is 0 Å². The van der Waals surface area contributed by atoms with Crippen LogP contribution in [0.3, 0.4) is 0 Å². The molecule has 1 aliphatic carbocycles. The van der Waals surface area contributed by atoms with Gasteiger partial charge in [0.15, 0.2) is 0 Å². The highest BCUT2D eigenvalue weighted by atomic mass is 32.2. The van der Waals surface area contributed by atoms with Crippen molar-refractivity contribution in [1.82, 2.24) is 0 Å². The second-order valence-electron chi connectivity index (χ2n) is 6.71. The minimum atomic E-state index is -0.925. The summed E-state index contributed by atoms with van der Waals surface area (Å²) in [5, 5.41) is 0.218. The van der Waals surface area contributed by atoms with E-state index in [4.69, 9.17) is 5.73 Å². The van der Waals surface area contributed by atoms with Gasteiger partial charge in [0.05, 0.1) is 10.8 Å². The molecular formula is C16H25NOS. The number of hydrogen-bond acceptors (Lipinski definition) is 2. The largest absolute Gasteiger partial charge is 0.327 e. The van der Waals surface area contributed by atoms with Crippen molar-refractivity contribution in [3.05, 3.63) is 29.8 Å². The molecule has 0 aromatic heterocycles. The molecule has 3 heteroatoms. The summed E-state index contributed by atoms with van der Waals surface area (Å²) < 4.78 is 12.6. The van der Waals surface area contributed by atoms with Crippen molar-refractivity contribution in [1.29, 1.82) is 0 Å². The van der Waals surface area contributed by atoms with Crippen LogP contribution in [0.4, 0.5) is 0 Å². The Labute approximate surface area is 119 Å². The first-order valence-electron chi connectivity index (χ1n) is 7.07. The maximum atomic E-state index is 12.6. The average Bonchev–Trinajstić information content (AvgIpc) is 2.68. The molecule has 1 aromatic carbocycles. The molecule has 0 spiro atoms. The van der Waals surface area contributed by atoms with Crippen LogP contribution in [-0.4, -0.2) is 15.5 Å². The molecule has 1 aliphatic rings. The van der Waals surface area contributed by atoms with Gasteiger partial charge in [0.25, 0.3) is 0 Å². The quantitative estimate of drug-likeness (QED) is 0.903. The Bertz CT molecular complexity index is 461. The molecule has 106 valence electrons. The van der Waals surface area contributed by atoms with Crippen molar-refractivity contribution < 1.29 is 4.21 Å². The molecule has 0 radical (unpaired) electrons. The summed E-state index contributed by atoms with van der Waals surface area (Å²) in [4.78, 5) is 0.943. The monoisotopic (exact) mass is 279 g/mol. The SMILES string of the molecule is CC1C(N)CCC1S(=O)c1ccc(C(C)(C)C)cc1. The molecule has 1 saturated carbocycles. The lowest BCUT2D eigenvalue weighted by atomic mass is 9.87. The Balaban J connectivity index is 2.17. The van der Waals surface area contributed by atoms with Crippen molar-refractivity contribution in [3.63, 3.8) is 0 Å². The maximum absolute atomic E-state index is 12.6. The summed E-state index contributed by atoms with van der Waals surface area (Å²) in [5.74, 6) is 0.350. The van der Waals surface area contributed by atoms with Crippen molar-refractivity contribution in [3.8, 4) is 0 Å². The molecule has 0 bridgehead atoms. The van der Waals surface area contributed by atoms with Crippen LogP contribution < -0.4 is 5.73 Å². The van der Waals surface area contributed by atoms with E-state index in [1.165, 1.54) is 5.56 Å². The Morgan fingerprint density at radius 1 is 1.16 bits per heavy atom. The van der Waals surface area contributed by atoms with Gasteiger partial charge >= 0.3 is 0 Å². The third-order valence-corrected chi connectivity index (χ3v) is 6.23. The molecule has 1 aromatic rings. The van der Waals surface area contributed by atoms with Gasteiger partial charge in [-0.05, 0) is 41.9 Å². The van der Waals surface area contributed by atoms with E-state index in [9.17, 15) is 4.21 Å². The fraction of sp³-hybridized carbons (Fsp3) is 0.625. The molecule has 19 heavy (non-hydrogen) atoms.